The normalized spacial score (nSPS) is 13.5. The van der Waals surface area contributed by atoms with E-state index in [0.29, 0.717) is 12.1 Å². The first kappa shape index (κ1) is 7.86. The number of carbonyl (C=O) groups excluding carboxylic acids is 1. The van der Waals surface area contributed by atoms with Crippen LogP contribution in [-0.2, 0) is 6.54 Å². The number of rotatable bonds is 1. The van der Waals surface area contributed by atoms with Crippen molar-refractivity contribution >= 4 is 24.4 Å². The van der Waals surface area contributed by atoms with Crippen molar-refractivity contribution in [3.8, 4) is 0 Å². The summed E-state index contributed by atoms with van der Waals surface area (Å²) in [5.41, 5.74) is 2.42. The minimum absolute atomic E-state index is 0.532. The number of nitrogens with zero attached hydrogens (tertiary/aromatic N) is 2. The van der Waals surface area contributed by atoms with Crippen molar-refractivity contribution in [2.24, 2.45) is 9.98 Å². The van der Waals surface area contributed by atoms with Gasteiger partial charge in [-0.05, 0) is 6.07 Å². The summed E-state index contributed by atoms with van der Waals surface area (Å²) in [7, 11) is 0. The maximum atomic E-state index is 10.7. The van der Waals surface area contributed by atoms with Gasteiger partial charge < -0.3 is 0 Å². The summed E-state index contributed by atoms with van der Waals surface area (Å²) in [5, 5.41) is 0. The number of carbonyl (C=O) groups is 1. The predicted octanol–water partition coefficient (Wildman–Crippen LogP) is 1.79. The molecule has 64 valence electrons. The van der Waals surface area contributed by atoms with Gasteiger partial charge in [-0.25, -0.2) is 0 Å². The molecule has 0 radical (unpaired) electrons. The van der Waals surface area contributed by atoms with Crippen LogP contribution in [0.2, 0.25) is 0 Å². The second-order valence-electron chi connectivity index (χ2n) is 2.73. The summed E-state index contributed by atoms with van der Waals surface area (Å²) in [6, 6.07) is 5.49. The molecule has 0 spiro atoms. The Bertz CT molecular complexity index is 394. The summed E-state index contributed by atoms with van der Waals surface area (Å²) >= 11 is 0. The van der Waals surface area contributed by atoms with Gasteiger partial charge in [-0.2, -0.15) is 0 Å². The van der Waals surface area contributed by atoms with E-state index in [9.17, 15) is 4.79 Å². The fourth-order valence-corrected chi connectivity index (χ4v) is 1.30. The molecule has 0 N–H and O–H groups in total. The second kappa shape index (κ2) is 3.31. The fraction of sp³-hybridized carbons (Fsp3) is 0.100. The zero-order valence-electron chi connectivity index (χ0n) is 6.97. The van der Waals surface area contributed by atoms with Crippen LogP contribution in [0.25, 0.3) is 0 Å². The van der Waals surface area contributed by atoms with Gasteiger partial charge in [-0.3, -0.25) is 14.8 Å². The lowest BCUT2D eigenvalue weighted by atomic mass is 10.1. The highest BCUT2D eigenvalue weighted by atomic mass is 16.1. The Morgan fingerprint density at radius 3 is 3.08 bits per heavy atom. The van der Waals surface area contributed by atoms with Crippen LogP contribution in [0.5, 0.6) is 0 Å². The summed E-state index contributed by atoms with van der Waals surface area (Å²) in [6.07, 6.45) is 4.13. The third-order valence-corrected chi connectivity index (χ3v) is 1.95. The van der Waals surface area contributed by atoms with Crippen LogP contribution in [0.15, 0.2) is 28.2 Å². The zero-order valence-corrected chi connectivity index (χ0v) is 6.97. The SMILES string of the molecule is O=Cc1cccc2c1CN=CC=N2. The number of benzene rings is 1. The smallest absolute Gasteiger partial charge is 0.150 e. The van der Waals surface area contributed by atoms with Gasteiger partial charge in [-0.15, -0.1) is 0 Å². The molecule has 0 saturated heterocycles. The first-order chi connectivity index (χ1) is 6.42. The lowest BCUT2D eigenvalue weighted by molar-refractivity contribution is 0.112. The molecule has 1 aromatic carbocycles. The van der Waals surface area contributed by atoms with Gasteiger partial charge in [0, 0.05) is 23.6 Å². The Morgan fingerprint density at radius 1 is 1.31 bits per heavy atom. The van der Waals surface area contributed by atoms with E-state index in [-0.39, 0.29) is 0 Å². The van der Waals surface area contributed by atoms with E-state index in [4.69, 9.17) is 0 Å². The second-order valence-corrected chi connectivity index (χ2v) is 2.73. The third-order valence-electron chi connectivity index (χ3n) is 1.95. The van der Waals surface area contributed by atoms with Crippen molar-refractivity contribution in [2.45, 2.75) is 6.54 Å². The van der Waals surface area contributed by atoms with Gasteiger partial charge in [0.2, 0.25) is 0 Å². The lowest BCUT2D eigenvalue weighted by Gasteiger charge is -2.03. The molecule has 0 aliphatic carbocycles. The van der Waals surface area contributed by atoms with Crippen LogP contribution in [-0.4, -0.2) is 18.7 Å². The molecular weight excluding hydrogens is 164 g/mol. The molecule has 0 atom stereocenters. The zero-order chi connectivity index (χ0) is 9.10. The van der Waals surface area contributed by atoms with E-state index < -0.39 is 0 Å². The molecule has 0 fully saturated rings. The number of hydrogen-bond acceptors (Lipinski definition) is 3. The van der Waals surface area contributed by atoms with Gasteiger partial charge in [0.25, 0.3) is 0 Å². The molecule has 0 amide bonds. The van der Waals surface area contributed by atoms with E-state index in [0.717, 1.165) is 17.5 Å². The number of aliphatic imine (C=N–C) groups is 2. The minimum atomic E-state index is 0.532. The van der Waals surface area contributed by atoms with Crippen LogP contribution in [0.1, 0.15) is 15.9 Å². The molecule has 3 heteroatoms. The Labute approximate surface area is 75.8 Å². The van der Waals surface area contributed by atoms with Crippen LogP contribution in [0.3, 0.4) is 0 Å². The Balaban J connectivity index is 2.61. The maximum absolute atomic E-state index is 10.7. The Kier molecular flexibility index (Phi) is 2.00. The van der Waals surface area contributed by atoms with Gasteiger partial charge >= 0.3 is 0 Å². The average molecular weight is 172 g/mol. The molecule has 3 nitrogen and oxygen atoms in total. The number of fused-ring (bicyclic) bond motifs is 1. The highest BCUT2D eigenvalue weighted by Gasteiger charge is 2.06. The van der Waals surface area contributed by atoms with Crippen LogP contribution in [0.4, 0.5) is 5.69 Å². The van der Waals surface area contributed by atoms with E-state index in [1.165, 1.54) is 0 Å². The standard InChI is InChI=1S/C10H8N2O/c13-7-8-2-1-3-10-9(8)6-11-4-5-12-10/h1-5,7H,6H2. The van der Waals surface area contributed by atoms with Crippen molar-refractivity contribution in [1.82, 2.24) is 0 Å². The highest BCUT2D eigenvalue weighted by molar-refractivity contribution is 6.17. The third kappa shape index (κ3) is 1.40. The van der Waals surface area contributed by atoms with Crippen molar-refractivity contribution < 1.29 is 4.79 Å². The van der Waals surface area contributed by atoms with Crippen LogP contribution in [0, 0.1) is 0 Å². The molecule has 1 aromatic rings. The molecule has 13 heavy (non-hydrogen) atoms. The molecule has 0 unspecified atom stereocenters. The molecular formula is C10H8N2O. The molecule has 2 rings (SSSR count). The molecule has 0 aromatic heterocycles. The van der Waals surface area contributed by atoms with E-state index in [1.807, 2.05) is 12.1 Å². The summed E-state index contributed by atoms with van der Waals surface area (Å²) < 4.78 is 0. The molecule has 1 aliphatic rings. The van der Waals surface area contributed by atoms with E-state index in [2.05, 4.69) is 9.98 Å². The monoisotopic (exact) mass is 172 g/mol. The first-order valence-electron chi connectivity index (χ1n) is 4.01. The largest absolute Gasteiger partial charge is 0.298 e. The van der Waals surface area contributed by atoms with E-state index >= 15 is 0 Å². The van der Waals surface area contributed by atoms with Crippen LogP contribution >= 0.6 is 0 Å². The topological polar surface area (TPSA) is 41.8 Å². The molecule has 0 saturated carbocycles. The maximum Gasteiger partial charge on any atom is 0.150 e. The Hall–Kier alpha value is -1.77. The van der Waals surface area contributed by atoms with Gasteiger partial charge in [0.15, 0.2) is 0 Å². The molecule has 1 heterocycles. The quantitative estimate of drug-likeness (QED) is 0.595. The van der Waals surface area contributed by atoms with Gasteiger partial charge in [0.1, 0.15) is 6.29 Å². The molecule has 0 bridgehead atoms. The van der Waals surface area contributed by atoms with Crippen molar-refractivity contribution in [3.05, 3.63) is 29.3 Å². The molecule has 1 aliphatic heterocycles. The van der Waals surface area contributed by atoms with Gasteiger partial charge in [0.05, 0.1) is 12.2 Å². The van der Waals surface area contributed by atoms with E-state index in [1.54, 1.807) is 18.5 Å². The van der Waals surface area contributed by atoms with Crippen molar-refractivity contribution in [1.29, 1.82) is 0 Å². The number of aldehydes is 1. The van der Waals surface area contributed by atoms with Crippen LogP contribution < -0.4 is 0 Å². The fourth-order valence-electron chi connectivity index (χ4n) is 1.30. The average Bonchev–Trinajstić information content (AvgIpc) is 2.41. The lowest BCUT2D eigenvalue weighted by Crippen LogP contribution is -1.90. The summed E-state index contributed by atoms with van der Waals surface area (Å²) in [5.74, 6) is 0. The first-order valence-corrected chi connectivity index (χ1v) is 4.01. The summed E-state index contributed by atoms with van der Waals surface area (Å²) in [6.45, 7) is 0.532. The van der Waals surface area contributed by atoms with Crippen molar-refractivity contribution in [2.75, 3.05) is 0 Å². The van der Waals surface area contributed by atoms with Gasteiger partial charge in [-0.1, -0.05) is 12.1 Å². The predicted molar refractivity (Wildman–Crippen MR) is 52.2 cm³/mol. The minimum Gasteiger partial charge on any atom is -0.298 e. The Morgan fingerprint density at radius 2 is 2.23 bits per heavy atom. The number of hydrogen-bond donors (Lipinski definition) is 0. The highest BCUT2D eigenvalue weighted by Crippen LogP contribution is 2.23. The van der Waals surface area contributed by atoms with Crippen molar-refractivity contribution in [3.63, 3.8) is 0 Å². The summed E-state index contributed by atoms with van der Waals surface area (Å²) in [4.78, 5) is 18.9.